The highest BCUT2D eigenvalue weighted by Crippen LogP contribution is 2.14. The first kappa shape index (κ1) is 13.3. The van der Waals surface area contributed by atoms with Gasteiger partial charge in [0.05, 0.1) is 12.5 Å². The van der Waals surface area contributed by atoms with E-state index in [-0.39, 0.29) is 0 Å². The van der Waals surface area contributed by atoms with Gasteiger partial charge in [0.15, 0.2) is 0 Å². The number of furan rings is 1. The van der Waals surface area contributed by atoms with Gasteiger partial charge < -0.3 is 9.73 Å². The van der Waals surface area contributed by atoms with Crippen LogP contribution in [0.1, 0.15) is 45.6 Å². The molecule has 2 heteroatoms. The number of hydrogen-bond acceptors (Lipinski definition) is 2. The Morgan fingerprint density at radius 1 is 1.38 bits per heavy atom. The molecule has 0 aliphatic carbocycles. The lowest BCUT2D eigenvalue weighted by Crippen LogP contribution is -2.33. The maximum Gasteiger partial charge on any atom is 0.0935 e. The Kier molecular flexibility index (Phi) is 6.24. The van der Waals surface area contributed by atoms with E-state index in [4.69, 9.17) is 4.42 Å². The second-order valence-corrected chi connectivity index (χ2v) is 4.74. The molecule has 0 aliphatic rings. The van der Waals surface area contributed by atoms with Crippen molar-refractivity contribution in [3.63, 3.8) is 0 Å². The molecule has 0 amide bonds. The highest BCUT2D eigenvalue weighted by atomic mass is 16.3. The van der Waals surface area contributed by atoms with Crippen molar-refractivity contribution in [2.45, 2.75) is 52.5 Å². The highest BCUT2D eigenvalue weighted by Gasteiger charge is 2.12. The van der Waals surface area contributed by atoms with Gasteiger partial charge in [-0.25, -0.2) is 0 Å². The molecule has 0 saturated heterocycles. The van der Waals surface area contributed by atoms with Gasteiger partial charge in [0.2, 0.25) is 0 Å². The lowest BCUT2D eigenvalue weighted by atomic mass is 9.95. The zero-order chi connectivity index (χ0) is 11.8. The van der Waals surface area contributed by atoms with Crippen LogP contribution in [0.5, 0.6) is 0 Å². The van der Waals surface area contributed by atoms with Gasteiger partial charge in [-0.15, -0.1) is 0 Å². The molecule has 0 fully saturated rings. The highest BCUT2D eigenvalue weighted by molar-refractivity contribution is 5.07. The standard InChI is InChI=1S/C14H25NO/c1-4-7-15-14(9-12(3)5-2)10-13-6-8-16-11-13/h6,8,11-12,14-15H,4-5,7,9-10H2,1-3H3. The van der Waals surface area contributed by atoms with Crippen LogP contribution in [0, 0.1) is 5.92 Å². The second-order valence-electron chi connectivity index (χ2n) is 4.74. The summed E-state index contributed by atoms with van der Waals surface area (Å²) in [5, 5.41) is 3.63. The Bertz CT molecular complexity index is 256. The fourth-order valence-corrected chi connectivity index (χ4v) is 1.93. The van der Waals surface area contributed by atoms with Crippen LogP contribution in [0.3, 0.4) is 0 Å². The lowest BCUT2D eigenvalue weighted by Gasteiger charge is -2.21. The maximum atomic E-state index is 5.12. The smallest absolute Gasteiger partial charge is 0.0935 e. The number of hydrogen-bond donors (Lipinski definition) is 1. The van der Waals surface area contributed by atoms with Crippen molar-refractivity contribution in [1.82, 2.24) is 5.32 Å². The van der Waals surface area contributed by atoms with E-state index in [1.54, 1.807) is 6.26 Å². The van der Waals surface area contributed by atoms with Crippen LogP contribution >= 0.6 is 0 Å². The molecule has 0 bridgehead atoms. The van der Waals surface area contributed by atoms with E-state index in [9.17, 15) is 0 Å². The van der Waals surface area contributed by atoms with Crippen LogP contribution in [0.25, 0.3) is 0 Å². The van der Waals surface area contributed by atoms with Gasteiger partial charge in [-0.1, -0.05) is 27.2 Å². The zero-order valence-corrected chi connectivity index (χ0v) is 10.8. The van der Waals surface area contributed by atoms with E-state index in [1.165, 1.54) is 24.8 Å². The average Bonchev–Trinajstić information content (AvgIpc) is 2.78. The summed E-state index contributed by atoms with van der Waals surface area (Å²) in [6.45, 7) is 7.92. The third-order valence-electron chi connectivity index (χ3n) is 3.13. The molecule has 1 aromatic heterocycles. The van der Waals surface area contributed by atoms with E-state index < -0.39 is 0 Å². The Hall–Kier alpha value is -0.760. The van der Waals surface area contributed by atoms with Crippen molar-refractivity contribution in [2.24, 2.45) is 5.92 Å². The minimum absolute atomic E-state index is 0.590. The molecule has 0 radical (unpaired) electrons. The lowest BCUT2D eigenvalue weighted by molar-refractivity contribution is 0.390. The Morgan fingerprint density at radius 3 is 2.75 bits per heavy atom. The summed E-state index contributed by atoms with van der Waals surface area (Å²) < 4.78 is 5.12. The molecule has 0 spiro atoms. The minimum Gasteiger partial charge on any atom is -0.472 e. The summed E-state index contributed by atoms with van der Waals surface area (Å²) in [6, 6.07) is 2.66. The van der Waals surface area contributed by atoms with Crippen molar-refractivity contribution >= 4 is 0 Å². The first-order chi connectivity index (χ1) is 7.76. The predicted octanol–water partition coefficient (Wildman–Crippen LogP) is 3.63. The molecule has 1 aromatic rings. The summed E-state index contributed by atoms with van der Waals surface area (Å²) in [7, 11) is 0. The van der Waals surface area contributed by atoms with Crippen LogP contribution in [0.15, 0.2) is 23.0 Å². The van der Waals surface area contributed by atoms with Crippen molar-refractivity contribution in [3.05, 3.63) is 24.2 Å². The largest absolute Gasteiger partial charge is 0.472 e. The van der Waals surface area contributed by atoms with Gasteiger partial charge in [0, 0.05) is 6.04 Å². The molecule has 1 N–H and O–H groups in total. The molecule has 2 unspecified atom stereocenters. The van der Waals surface area contributed by atoms with E-state index in [1.807, 2.05) is 6.26 Å². The first-order valence-electron chi connectivity index (χ1n) is 6.50. The molecule has 0 aliphatic heterocycles. The van der Waals surface area contributed by atoms with Gasteiger partial charge in [-0.2, -0.15) is 0 Å². The maximum absolute atomic E-state index is 5.12. The van der Waals surface area contributed by atoms with Crippen LogP contribution in [0.4, 0.5) is 0 Å². The van der Waals surface area contributed by atoms with E-state index in [0.29, 0.717) is 6.04 Å². The van der Waals surface area contributed by atoms with E-state index >= 15 is 0 Å². The SMILES string of the molecule is CCCNC(Cc1ccoc1)CC(C)CC. The van der Waals surface area contributed by atoms with E-state index in [2.05, 4.69) is 32.2 Å². The van der Waals surface area contributed by atoms with Crippen LogP contribution in [-0.4, -0.2) is 12.6 Å². The predicted molar refractivity (Wildman–Crippen MR) is 68.6 cm³/mol. The zero-order valence-electron chi connectivity index (χ0n) is 10.8. The van der Waals surface area contributed by atoms with E-state index in [0.717, 1.165) is 18.9 Å². The molecule has 16 heavy (non-hydrogen) atoms. The second kappa shape index (κ2) is 7.50. The van der Waals surface area contributed by atoms with Crippen molar-refractivity contribution in [1.29, 1.82) is 0 Å². The van der Waals surface area contributed by atoms with Gasteiger partial charge in [-0.3, -0.25) is 0 Å². The van der Waals surface area contributed by atoms with Gasteiger partial charge in [-0.05, 0) is 43.4 Å². The molecular weight excluding hydrogens is 198 g/mol. The van der Waals surface area contributed by atoms with Crippen molar-refractivity contribution in [3.8, 4) is 0 Å². The first-order valence-corrected chi connectivity index (χ1v) is 6.50. The third-order valence-corrected chi connectivity index (χ3v) is 3.13. The average molecular weight is 223 g/mol. The van der Waals surface area contributed by atoms with Crippen molar-refractivity contribution in [2.75, 3.05) is 6.54 Å². The molecule has 2 nitrogen and oxygen atoms in total. The minimum atomic E-state index is 0.590. The molecule has 1 heterocycles. The molecule has 2 atom stereocenters. The summed E-state index contributed by atoms with van der Waals surface area (Å²) in [5.41, 5.74) is 1.30. The normalized spacial score (nSPS) is 14.9. The fourth-order valence-electron chi connectivity index (χ4n) is 1.93. The molecule has 0 aromatic carbocycles. The summed E-state index contributed by atoms with van der Waals surface area (Å²) in [5.74, 6) is 0.793. The van der Waals surface area contributed by atoms with Gasteiger partial charge in [0.1, 0.15) is 0 Å². The van der Waals surface area contributed by atoms with Gasteiger partial charge in [0.25, 0.3) is 0 Å². The van der Waals surface area contributed by atoms with Crippen LogP contribution < -0.4 is 5.32 Å². The molecule has 0 saturated carbocycles. The Balaban J connectivity index is 2.43. The number of nitrogens with one attached hydrogen (secondary N) is 1. The topological polar surface area (TPSA) is 25.2 Å². The Labute approximate surface area is 99.4 Å². The molecular formula is C14H25NO. The molecule has 1 rings (SSSR count). The quantitative estimate of drug-likeness (QED) is 0.728. The summed E-state index contributed by atoms with van der Waals surface area (Å²) >= 11 is 0. The number of rotatable bonds is 8. The van der Waals surface area contributed by atoms with Crippen LogP contribution in [-0.2, 0) is 6.42 Å². The fraction of sp³-hybridized carbons (Fsp3) is 0.714. The summed E-state index contributed by atoms with van der Waals surface area (Å²) in [6.07, 6.45) is 8.41. The summed E-state index contributed by atoms with van der Waals surface area (Å²) in [4.78, 5) is 0. The Morgan fingerprint density at radius 2 is 2.19 bits per heavy atom. The van der Waals surface area contributed by atoms with Crippen LogP contribution in [0.2, 0.25) is 0 Å². The monoisotopic (exact) mass is 223 g/mol. The molecule has 92 valence electrons. The third kappa shape index (κ3) is 4.84. The van der Waals surface area contributed by atoms with Gasteiger partial charge >= 0.3 is 0 Å². The van der Waals surface area contributed by atoms with Crippen molar-refractivity contribution < 1.29 is 4.42 Å².